The Balaban J connectivity index is 2.07. The molecular formula is C16H14O6. The first kappa shape index (κ1) is 14.2. The Morgan fingerprint density at radius 3 is 2.50 bits per heavy atom. The van der Waals surface area contributed by atoms with Gasteiger partial charge in [-0.1, -0.05) is 6.07 Å². The molecule has 0 aromatic heterocycles. The summed E-state index contributed by atoms with van der Waals surface area (Å²) in [7, 11) is 1.39. The highest BCUT2D eigenvalue weighted by atomic mass is 16.5. The Morgan fingerprint density at radius 2 is 1.82 bits per heavy atom. The summed E-state index contributed by atoms with van der Waals surface area (Å²) in [5.41, 5.74) is 0.799. The summed E-state index contributed by atoms with van der Waals surface area (Å²) in [6, 6.07) is 8.39. The lowest BCUT2D eigenvalue weighted by Gasteiger charge is -2.32. The van der Waals surface area contributed by atoms with E-state index in [0.29, 0.717) is 11.1 Å². The summed E-state index contributed by atoms with van der Waals surface area (Å²) in [5.74, 6) is -0.630. The zero-order valence-corrected chi connectivity index (χ0v) is 11.7. The van der Waals surface area contributed by atoms with Gasteiger partial charge in [-0.2, -0.15) is 0 Å². The minimum absolute atomic E-state index is 0.0188. The fourth-order valence-electron chi connectivity index (χ4n) is 2.49. The van der Waals surface area contributed by atoms with Gasteiger partial charge in [0.2, 0.25) is 0 Å². The van der Waals surface area contributed by atoms with E-state index >= 15 is 0 Å². The number of ether oxygens (including phenoxy) is 2. The molecule has 22 heavy (non-hydrogen) atoms. The number of carbonyl (C=O) groups excluding carboxylic acids is 1. The van der Waals surface area contributed by atoms with Crippen LogP contribution in [0.25, 0.3) is 0 Å². The number of hydrogen-bond donors (Lipinski definition) is 3. The smallest absolute Gasteiger partial charge is 0.199 e. The molecule has 0 fully saturated rings. The maximum absolute atomic E-state index is 12.5. The quantitative estimate of drug-likeness (QED) is 0.735. The standard InChI is InChI=1S/C16H14O6/c1-21-16-14(20)10-4-3-9(17)7-13(10)22-15(16)8-2-5-11(18)12(19)6-8/h2-7,15-19H,1H3/t15-,16+/m0/s1. The first-order valence-electron chi connectivity index (χ1n) is 6.60. The van der Waals surface area contributed by atoms with Crippen LogP contribution < -0.4 is 4.74 Å². The van der Waals surface area contributed by atoms with Crippen molar-refractivity contribution in [1.82, 2.24) is 0 Å². The van der Waals surface area contributed by atoms with Gasteiger partial charge in [-0.3, -0.25) is 4.79 Å². The van der Waals surface area contributed by atoms with Crippen molar-refractivity contribution >= 4 is 5.78 Å². The number of aromatic hydroxyl groups is 3. The van der Waals surface area contributed by atoms with Gasteiger partial charge in [0.1, 0.15) is 11.5 Å². The number of rotatable bonds is 2. The molecule has 1 aliphatic heterocycles. The van der Waals surface area contributed by atoms with Crippen LogP contribution in [0.1, 0.15) is 22.0 Å². The third-order valence-electron chi connectivity index (χ3n) is 3.60. The molecule has 0 saturated carbocycles. The lowest BCUT2D eigenvalue weighted by molar-refractivity contribution is -0.000757. The third kappa shape index (κ3) is 2.23. The van der Waals surface area contributed by atoms with E-state index in [1.54, 1.807) is 0 Å². The topological polar surface area (TPSA) is 96.2 Å². The number of phenols is 3. The molecule has 3 N–H and O–H groups in total. The Kier molecular flexibility index (Phi) is 3.38. The van der Waals surface area contributed by atoms with Crippen LogP contribution in [0.15, 0.2) is 36.4 Å². The van der Waals surface area contributed by atoms with Crippen molar-refractivity contribution in [1.29, 1.82) is 0 Å². The van der Waals surface area contributed by atoms with E-state index in [4.69, 9.17) is 9.47 Å². The van der Waals surface area contributed by atoms with E-state index in [2.05, 4.69) is 0 Å². The van der Waals surface area contributed by atoms with Crippen LogP contribution in [-0.4, -0.2) is 34.3 Å². The van der Waals surface area contributed by atoms with Crippen LogP contribution >= 0.6 is 0 Å². The fraction of sp³-hybridized carbons (Fsp3) is 0.188. The van der Waals surface area contributed by atoms with Crippen molar-refractivity contribution in [3.05, 3.63) is 47.5 Å². The van der Waals surface area contributed by atoms with Crippen LogP contribution in [0.2, 0.25) is 0 Å². The van der Waals surface area contributed by atoms with Gasteiger partial charge in [-0.05, 0) is 29.8 Å². The second-order valence-corrected chi connectivity index (χ2v) is 4.99. The van der Waals surface area contributed by atoms with E-state index in [0.717, 1.165) is 0 Å². The van der Waals surface area contributed by atoms with Gasteiger partial charge in [0.05, 0.1) is 5.56 Å². The SMILES string of the molecule is CO[C@@H]1C(=O)c2ccc(O)cc2O[C@H]1c1ccc(O)c(O)c1. The number of ketones is 1. The summed E-state index contributed by atoms with van der Waals surface area (Å²) in [4.78, 5) is 12.5. The number of Topliss-reactive ketones (excluding diaryl/α,β-unsaturated/α-hetero) is 1. The largest absolute Gasteiger partial charge is 0.508 e. The Bertz CT molecular complexity index is 739. The molecule has 0 unspecified atom stereocenters. The van der Waals surface area contributed by atoms with Crippen molar-refractivity contribution in [2.75, 3.05) is 7.11 Å². The second kappa shape index (κ2) is 5.23. The molecule has 0 bridgehead atoms. The minimum Gasteiger partial charge on any atom is -0.508 e. The third-order valence-corrected chi connectivity index (χ3v) is 3.60. The number of fused-ring (bicyclic) bond motifs is 1. The van der Waals surface area contributed by atoms with E-state index in [1.807, 2.05) is 0 Å². The van der Waals surface area contributed by atoms with E-state index in [9.17, 15) is 20.1 Å². The van der Waals surface area contributed by atoms with Crippen LogP contribution in [-0.2, 0) is 4.74 Å². The number of hydrogen-bond acceptors (Lipinski definition) is 6. The molecule has 0 saturated heterocycles. The minimum atomic E-state index is -0.888. The predicted octanol–water partition coefficient (Wildman–Crippen LogP) is 2.13. The highest BCUT2D eigenvalue weighted by molar-refractivity contribution is 6.03. The highest BCUT2D eigenvalue weighted by Gasteiger charge is 2.38. The summed E-state index contributed by atoms with van der Waals surface area (Å²) < 4.78 is 11.0. The van der Waals surface area contributed by atoms with E-state index in [1.165, 1.54) is 43.5 Å². The van der Waals surface area contributed by atoms with Gasteiger partial charge in [-0.15, -0.1) is 0 Å². The molecule has 0 radical (unpaired) electrons. The fourth-order valence-corrected chi connectivity index (χ4v) is 2.49. The van der Waals surface area contributed by atoms with E-state index in [-0.39, 0.29) is 28.8 Å². The maximum Gasteiger partial charge on any atom is 0.199 e. The zero-order valence-electron chi connectivity index (χ0n) is 11.7. The van der Waals surface area contributed by atoms with Gasteiger partial charge in [0.25, 0.3) is 0 Å². The lowest BCUT2D eigenvalue weighted by atomic mass is 9.93. The Labute approximate surface area is 126 Å². The number of phenolic OH excluding ortho intramolecular Hbond substituents is 3. The molecule has 0 spiro atoms. The normalized spacial score (nSPS) is 20.3. The van der Waals surface area contributed by atoms with Crippen LogP contribution in [0.4, 0.5) is 0 Å². The molecule has 2 aromatic rings. The predicted molar refractivity (Wildman–Crippen MR) is 76.4 cm³/mol. The van der Waals surface area contributed by atoms with Crippen LogP contribution in [0.3, 0.4) is 0 Å². The van der Waals surface area contributed by atoms with Gasteiger partial charge < -0.3 is 24.8 Å². The Hall–Kier alpha value is -2.73. The molecule has 0 amide bonds. The molecule has 114 valence electrons. The Morgan fingerprint density at radius 1 is 1.05 bits per heavy atom. The van der Waals surface area contributed by atoms with Crippen molar-refractivity contribution in [3.63, 3.8) is 0 Å². The summed E-state index contributed by atoms with van der Waals surface area (Å²) in [6.45, 7) is 0. The monoisotopic (exact) mass is 302 g/mol. The lowest BCUT2D eigenvalue weighted by Crippen LogP contribution is -2.37. The summed E-state index contributed by atoms with van der Waals surface area (Å²) in [6.07, 6.45) is -1.68. The molecule has 6 heteroatoms. The molecule has 1 heterocycles. The van der Waals surface area contributed by atoms with Crippen molar-refractivity contribution in [2.45, 2.75) is 12.2 Å². The first-order valence-corrected chi connectivity index (χ1v) is 6.60. The van der Waals surface area contributed by atoms with Crippen molar-refractivity contribution < 1.29 is 29.6 Å². The van der Waals surface area contributed by atoms with Gasteiger partial charge in [0.15, 0.2) is 29.5 Å². The number of carbonyl (C=O) groups is 1. The molecular weight excluding hydrogens is 288 g/mol. The van der Waals surface area contributed by atoms with Crippen molar-refractivity contribution in [2.24, 2.45) is 0 Å². The number of methoxy groups -OCH3 is 1. The average molecular weight is 302 g/mol. The summed E-state index contributed by atoms with van der Waals surface area (Å²) >= 11 is 0. The molecule has 1 aliphatic rings. The molecule has 3 rings (SSSR count). The molecule has 0 aliphatic carbocycles. The van der Waals surface area contributed by atoms with Crippen molar-refractivity contribution in [3.8, 4) is 23.0 Å². The van der Waals surface area contributed by atoms with Gasteiger partial charge in [-0.25, -0.2) is 0 Å². The maximum atomic E-state index is 12.5. The van der Waals surface area contributed by atoms with Gasteiger partial charge in [0, 0.05) is 13.2 Å². The summed E-state index contributed by atoms with van der Waals surface area (Å²) in [5, 5.41) is 28.6. The van der Waals surface area contributed by atoms with Crippen LogP contribution in [0, 0.1) is 0 Å². The second-order valence-electron chi connectivity index (χ2n) is 4.99. The highest BCUT2D eigenvalue weighted by Crippen LogP contribution is 2.39. The molecule has 6 nitrogen and oxygen atoms in total. The zero-order chi connectivity index (χ0) is 15.9. The van der Waals surface area contributed by atoms with E-state index < -0.39 is 12.2 Å². The first-order chi connectivity index (χ1) is 10.5. The van der Waals surface area contributed by atoms with Gasteiger partial charge >= 0.3 is 0 Å². The number of benzene rings is 2. The molecule has 2 aromatic carbocycles. The van der Waals surface area contributed by atoms with Crippen LogP contribution in [0.5, 0.6) is 23.0 Å². The molecule has 2 atom stereocenters. The average Bonchev–Trinajstić information content (AvgIpc) is 2.49.